The summed E-state index contributed by atoms with van der Waals surface area (Å²) in [4.78, 5) is 26.0. The van der Waals surface area contributed by atoms with Crippen LogP contribution in [0.15, 0.2) is 29.0 Å². The summed E-state index contributed by atoms with van der Waals surface area (Å²) >= 11 is 0. The molecule has 8 nitrogen and oxygen atoms in total. The standard InChI is InChI=1S/C13H12N2O6/c1-3-20-13(16)10-12(21-7-14-10)8-5-4-6-9(15(17)18)11(8)19-2/h4-7H,3H2,1-2H3. The molecule has 0 spiro atoms. The number of methoxy groups -OCH3 is 1. The summed E-state index contributed by atoms with van der Waals surface area (Å²) in [5.74, 6) is -0.617. The lowest BCUT2D eigenvalue weighted by molar-refractivity contribution is -0.385. The van der Waals surface area contributed by atoms with Gasteiger partial charge in [0.2, 0.25) is 5.75 Å². The molecule has 0 saturated heterocycles. The molecule has 0 fully saturated rings. The lowest BCUT2D eigenvalue weighted by atomic mass is 10.1. The van der Waals surface area contributed by atoms with Gasteiger partial charge in [0.1, 0.15) is 0 Å². The molecule has 0 aliphatic rings. The lowest BCUT2D eigenvalue weighted by Crippen LogP contribution is -2.06. The zero-order valence-electron chi connectivity index (χ0n) is 11.4. The van der Waals surface area contributed by atoms with Crippen molar-refractivity contribution in [2.24, 2.45) is 0 Å². The number of benzene rings is 1. The van der Waals surface area contributed by atoms with Gasteiger partial charge in [-0.3, -0.25) is 10.1 Å². The monoisotopic (exact) mass is 292 g/mol. The van der Waals surface area contributed by atoms with E-state index >= 15 is 0 Å². The number of hydrogen-bond acceptors (Lipinski definition) is 7. The summed E-state index contributed by atoms with van der Waals surface area (Å²) in [7, 11) is 1.30. The van der Waals surface area contributed by atoms with E-state index in [1.807, 2.05) is 0 Å². The molecule has 0 unspecified atom stereocenters. The van der Waals surface area contributed by atoms with Crippen LogP contribution in [-0.2, 0) is 4.74 Å². The minimum atomic E-state index is -0.671. The van der Waals surface area contributed by atoms with Crippen molar-refractivity contribution in [2.45, 2.75) is 6.92 Å². The number of nitro benzene ring substituents is 1. The molecule has 0 amide bonds. The second-order valence-corrected chi connectivity index (χ2v) is 3.87. The smallest absolute Gasteiger partial charge is 0.360 e. The maximum Gasteiger partial charge on any atom is 0.360 e. The molecule has 1 aromatic heterocycles. The number of nitrogens with zero attached hydrogens (tertiary/aromatic N) is 2. The zero-order valence-corrected chi connectivity index (χ0v) is 11.4. The lowest BCUT2D eigenvalue weighted by Gasteiger charge is -2.07. The Kier molecular flexibility index (Phi) is 4.17. The van der Waals surface area contributed by atoms with Crippen molar-refractivity contribution in [1.29, 1.82) is 0 Å². The van der Waals surface area contributed by atoms with Gasteiger partial charge in [0, 0.05) is 6.07 Å². The van der Waals surface area contributed by atoms with Gasteiger partial charge in [-0.25, -0.2) is 9.78 Å². The molecule has 0 aliphatic heterocycles. The van der Waals surface area contributed by atoms with E-state index in [2.05, 4.69) is 4.98 Å². The highest BCUT2D eigenvalue weighted by molar-refractivity contribution is 5.94. The third kappa shape index (κ3) is 2.69. The maximum atomic E-state index is 11.8. The predicted octanol–water partition coefficient (Wildman–Crippen LogP) is 2.44. The fraction of sp³-hybridized carbons (Fsp3) is 0.231. The Morgan fingerprint density at radius 1 is 1.48 bits per heavy atom. The van der Waals surface area contributed by atoms with Crippen LogP contribution in [0.4, 0.5) is 5.69 Å². The van der Waals surface area contributed by atoms with E-state index in [0.29, 0.717) is 0 Å². The number of aromatic nitrogens is 1. The fourth-order valence-corrected chi connectivity index (χ4v) is 1.84. The Hall–Kier alpha value is -2.90. The zero-order chi connectivity index (χ0) is 15.4. The Bertz CT molecular complexity index is 679. The van der Waals surface area contributed by atoms with E-state index < -0.39 is 10.9 Å². The van der Waals surface area contributed by atoms with E-state index in [4.69, 9.17) is 13.9 Å². The summed E-state index contributed by atoms with van der Waals surface area (Å²) < 4.78 is 15.1. The summed E-state index contributed by atoms with van der Waals surface area (Å²) in [6.07, 6.45) is 1.07. The highest BCUT2D eigenvalue weighted by atomic mass is 16.6. The molecule has 1 heterocycles. The van der Waals surface area contributed by atoms with E-state index in [0.717, 1.165) is 6.39 Å². The minimum Gasteiger partial charge on any atom is -0.490 e. The molecular weight excluding hydrogens is 280 g/mol. The van der Waals surface area contributed by atoms with Crippen molar-refractivity contribution in [3.05, 3.63) is 40.4 Å². The number of rotatable bonds is 5. The van der Waals surface area contributed by atoms with Crippen molar-refractivity contribution in [2.75, 3.05) is 13.7 Å². The molecule has 0 atom stereocenters. The maximum absolute atomic E-state index is 11.8. The number of para-hydroxylation sites is 1. The molecule has 8 heteroatoms. The van der Waals surface area contributed by atoms with Gasteiger partial charge < -0.3 is 13.9 Å². The number of nitro groups is 1. The largest absolute Gasteiger partial charge is 0.490 e. The van der Waals surface area contributed by atoms with Crippen LogP contribution in [0.3, 0.4) is 0 Å². The van der Waals surface area contributed by atoms with Crippen molar-refractivity contribution in [1.82, 2.24) is 4.98 Å². The molecule has 0 saturated carbocycles. The highest BCUT2D eigenvalue weighted by Crippen LogP contribution is 2.38. The molecule has 0 bridgehead atoms. The third-order valence-electron chi connectivity index (χ3n) is 2.68. The van der Waals surface area contributed by atoms with E-state index in [1.54, 1.807) is 6.92 Å². The topological polar surface area (TPSA) is 105 Å². The van der Waals surface area contributed by atoms with Crippen molar-refractivity contribution in [3.8, 4) is 17.1 Å². The van der Waals surface area contributed by atoms with Gasteiger partial charge in [0.05, 0.1) is 24.2 Å². The minimum absolute atomic E-state index is 0.00945. The molecular formula is C13H12N2O6. The molecule has 2 aromatic rings. The number of carbonyl (C=O) groups is 1. The summed E-state index contributed by atoms with van der Waals surface area (Å²) in [6.45, 7) is 1.84. The molecule has 0 aliphatic carbocycles. The van der Waals surface area contributed by atoms with Crippen LogP contribution in [-0.4, -0.2) is 29.6 Å². The number of carbonyl (C=O) groups excluding carboxylic acids is 1. The average Bonchev–Trinajstić information content (AvgIpc) is 2.95. The van der Waals surface area contributed by atoms with E-state index in [-0.39, 0.29) is 35.1 Å². The van der Waals surface area contributed by atoms with Crippen LogP contribution in [0.1, 0.15) is 17.4 Å². The summed E-state index contributed by atoms with van der Waals surface area (Å²) in [6, 6.07) is 4.30. The molecule has 1 aromatic carbocycles. The van der Waals surface area contributed by atoms with Crippen molar-refractivity contribution >= 4 is 11.7 Å². The molecule has 110 valence electrons. The number of ether oxygens (including phenoxy) is 2. The van der Waals surface area contributed by atoms with Crippen LogP contribution in [0.5, 0.6) is 5.75 Å². The second kappa shape index (κ2) is 6.04. The van der Waals surface area contributed by atoms with Gasteiger partial charge in [-0.05, 0) is 13.0 Å². The third-order valence-corrected chi connectivity index (χ3v) is 2.68. The van der Waals surface area contributed by atoms with Crippen LogP contribution in [0.25, 0.3) is 11.3 Å². The molecule has 21 heavy (non-hydrogen) atoms. The Balaban J connectivity index is 2.58. The normalized spacial score (nSPS) is 10.2. The summed E-state index contributed by atoms with van der Waals surface area (Å²) in [5, 5.41) is 11.0. The quantitative estimate of drug-likeness (QED) is 0.473. The second-order valence-electron chi connectivity index (χ2n) is 3.87. The van der Waals surface area contributed by atoms with Gasteiger partial charge in [0.25, 0.3) is 0 Å². The fourth-order valence-electron chi connectivity index (χ4n) is 1.84. The molecule has 0 radical (unpaired) electrons. The first-order valence-corrected chi connectivity index (χ1v) is 6.02. The number of hydrogen-bond donors (Lipinski definition) is 0. The van der Waals surface area contributed by atoms with Crippen molar-refractivity contribution < 1.29 is 23.6 Å². The van der Waals surface area contributed by atoms with E-state index in [9.17, 15) is 14.9 Å². The molecule has 2 rings (SSSR count). The highest BCUT2D eigenvalue weighted by Gasteiger charge is 2.26. The Morgan fingerprint density at radius 2 is 2.24 bits per heavy atom. The number of oxazole rings is 1. The first kappa shape index (κ1) is 14.5. The van der Waals surface area contributed by atoms with Crippen LogP contribution >= 0.6 is 0 Å². The van der Waals surface area contributed by atoms with Gasteiger partial charge in [-0.2, -0.15) is 0 Å². The SMILES string of the molecule is CCOC(=O)c1ncoc1-c1cccc([N+](=O)[O-])c1OC. The van der Waals surface area contributed by atoms with Crippen molar-refractivity contribution in [3.63, 3.8) is 0 Å². The van der Waals surface area contributed by atoms with E-state index in [1.165, 1.54) is 25.3 Å². The van der Waals surface area contributed by atoms with Gasteiger partial charge in [-0.15, -0.1) is 0 Å². The Labute approximate surface area is 119 Å². The van der Waals surface area contributed by atoms with Crippen LogP contribution in [0.2, 0.25) is 0 Å². The van der Waals surface area contributed by atoms with Crippen LogP contribution < -0.4 is 4.74 Å². The van der Waals surface area contributed by atoms with Gasteiger partial charge in [0.15, 0.2) is 17.8 Å². The number of esters is 1. The first-order chi connectivity index (χ1) is 10.1. The average molecular weight is 292 g/mol. The summed E-state index contributed by atoms with van der Waals surface area (Å²) in [5.41, 5.74) is -0.0379. The van der Waals surface area contributed by atoms with Crippen LogP contribution in [0, 0.1) is 10.1 Å². The predicted molar refractivity (Wildman–Crippen MR) is 71.1 cm³/mol. The molecule has 0 N–H and O–H groups in total. The van der Waals surface area contributed by atoms with Gasteiger partial charge >= 0.3 is 11.7 Å². The van der Waals surface area contributed by atoms with Gasteiger partial charge in [-0.1, -0.05) is 6.07 Å². The first-order valence-electron chi connectivity index (χ1n) is 6.02. The Morgan fingerprint density at radius 3 is 2.86 bits per heavy atom.